The van der Waals surface area contributed by atoms with Crippen molar-refractivity contribution in [1.29, 1.82) is 0 Å². The van der Waals surface area contributed by atoms with Crippen LogP contribution < -0.4 is 17.2 Å². The molecule has 3 nitrogen and oxygen atoms in total. The summed E-state index contributed by atoms with van der Waals surface area (Å²) >= 11 is 0. The van der Waals surface area contributed by atoms with Crippen LogP contribution in [-0.4, -0.2) is 42.5 Å². The van der Waals surface area contributed by atoms with Gasteiger partial charge in [-0.25, -0.2) is 0 Å². The van der Waals surface area contributed by atoms with Crippen molar-refractivity contribution < 1.29 is 8.22 Å². The lowest BCUT2D eigenvalue weighted by Gasteiger charge is -1.93. The fourth-order valence-electron chi connectivity index (χ4n) is 0.309. The molecule has 0 aliphatic heterocycles. The summed E-state index contributed by atoms with van der Waals surface area (Å²) in [6.07, 6.45) is 0.366. The first-order valence-corrected chi connectivity index (χ1v) is 9.09. The molecule has 0 aromatic heterocycles. The second-order valence-corrected chi connectivity index (χ2v) is 6.13. The van der Waals surface area contributed by atoms with Crippen molar-refractivity contribution in [3.8, 4) is 0 Å². The van der Waals surface area contributed by atoms with Crippen molar-refractivity contribution in [3.05, 3.63) is 0 Å². The Labute approximate surface area is 124 Å². The lowest BCUT2D eigenvalue weighted by molar-refractivity contribution is 1.11. The Morgan fingerprint density at radius 1 is 0.812 bits per heavy atom. The molecule has 100 valence electrons. The lowest BCUT2D eigenvalue weighted by atomic mass is 10.6. The molecule has 0 saturated carbocycles. The third-order valence-electron chi connectivity index (χ3n) is 0.771. The summed E-state index contributed by atoms with van der Waals surface area (Å²) in [5, 5.41) is 0. The molecule has 0 aromatic rings. The van der Waals surface area contributed by atoms with Gasteiger partial charge in [0, 0.05) is 50.7 Å². The van der Waals surface area contributed by atoms with Crippen molar-refractivity contribution in [2.75, 3.05) is 42.5 Å². The number of hydrogen-bond donors (Lipinski definition) is 3. The Hall–Kier alpha value is 1.28. The van der Waals surface area contributed by atoms with Crippen LogP contribution in [0.3, 0.4) is 0 Å². The molecule has 0 radical (unpaired) electrons. The number of rotatable bonds is 10. The van der Waals surface area contributed by atoms with Gasteiger partial charge in [0.2, 0.25) is 0 Å². The number of nitrogens with two attached hydrogens (primary N) is 3. The van der Waals surface area contributed by atoms with E-state index in [9.17, 15) is 0 Å². The maximum absolute atomic E-state index is 7.33. The highest BCUT2D eigenvalue weighted by molar-refractivity contribution is 8.77. The van der Waals surface area contributed by atoms with Crippen LogP contribution in [0.5, 0.6) is 0 Å². The van der Waals surface area contributed by atoms with Crippen LogP contribution >= 0.6 is 43.2 Å². The van der Waals surface area contributed by atoms with Crippen LogP contribution in [0.4, 0.5) is 0 Å². The van der Waals surface area contributed by atoms with E-state index >= 15 is 0 Å². The minimum absolute atomic E-state index is 0.0928. The van der Waals surface area contributed by atoms with Gasteiger partial charge in [-0.3, -0.25) is 0 Å². The summed E-state index contributed by atoms with van der Waals surface area (Å²) in [6.45, 7) is 2.29. The third-order valence-corrected chi connectivity index (χ3v) is 4.42. The summed E-state index contributed by atoms with van der Waals surface area (Å²) < 4.78 is 43.5. The van der Waals surface area contributed by atoms with Gasteiger partial charge in [0.15, 0.2) is 0 Å². The standard InChI is InChI=1S/C5H13NS2.C4H12N2S2/c1-2-4-7-8-5-3-6;5-1-3-7-8-4-2-6/h2-6H2,1H3;1-6H2/i4D2,5D2;3D,4D. The molecule has 6 N–H and O–H groups in total. The van der Waals surface area contributed by atoms with Crippen LogP contribution in [0.2, 0.25) is 0 Å². The zero-order valence-electron chi connectivity index (χ0n) is 15.3. The molecule has 0 saturated heterocycles. The predicted octanol–water partition coefficient (Wildman–Crippen LogP) is 2.02. The molecule has 2 atom stereocenters. The van der Waals surface area contributed by atoms with E-state index in [-0.39, 0.29) is 18.0 Å². The Balaban J connectivity index is 0. The fraction of sp³-hybridized carbons (Fsp3) is 1.00. The van der Waals surface area contributed by atoms with Gasteiger partial charge in [0.25, 0.3) is 0 Å². The van der Waals surface area contributed by atoms with Gasteiger partial charge >= 0.3 is 0 Å². The second-order valence-electron chi connectivity index (χ2n) is 2.01. The molecular formula is C9H25N3S4. The number of hydrogen-bond acceptors (Lipinski definition) is 7. The molecule has 0 spiro atoms. The van der Waals surface area contributed by atoms with Crippen molar-refractivity contribution in [2.24, 2.45) is 17.2 Å². The summed E-state index contributed by atoms with van der Waals surface area (Å²) in [5.41, 5.74) is 12.0. The van der Waals surface area contributed by atoms with E-state index in [0.29, 0.717) is 19.5 Å². The zero-order chi connectivity index (χ0) is 17.8. The minimum Gasteiger partial charge on any atom is -0.330 e. The monoisotopic (exact) mass is 309 g/mol. The van der Waals surface area contributed by atoms with Gasteiger partial charge in [-0.1, -0.05) is 50.1 Å². The quantitative estimate of drug-likeness (QED) is 0.533. The molecule has 0 aromatic carbocycles. The van der Waals surface area contributed by atoms with E-state index in [1.807, 2.05) is 0 Å². The van der Waals surface area contributed by atoms with Gasteiger partial charge in [-0.05, 0) is 6.42 Å². The first-order valence-electron chi connectivity index (χ1n) is 7.82. The Morgan fingerprint density at radius 3 is 1.69 bits per heavy atom. The van der Waals surface area contributed by atoms with Gasteiger partial charge < -0.3 is 17.2 Å². The van der Waals surface area contributed by atoms with Crippen molar-refractivity contribution in [1.82, 2.24) is 0 Å². The Bertz CT molecular complexity index is 252. The van der Waals surface area contributed by atoms with Gasteiger partial charge in [-0.15, -0.1) is 0 Å². The van der Waals surface area contributed by atoms with Crippen molar-refractivity contribution in [3.63, 3.8) is 0 Å². The average Bonchev–Trinajstić information content (AvgIpc) is 2.51. The molecule has 2 unspecified atom stereocenters. The molecule has 0 heterocycles. The fourth-order valence-corrected chi connectivity index (χ4v) is 2.78. The summed E-state index contributed by atoms with van der Waals surface area (Å²) in [6, 6.07) is 0. The molecule has 0 amide bonds. The zero-order valence-corrected chi connectivity index (χ0v) is 12.6. The normalized spacial score (nSPS) is 21.0. The summed E-state index contributed by atoms with van der Waals surface area (Å²) in [4.78, 5) is 0. The topological polar surface area (TPSA) is 78.1 Å². The smallest absolute Gasteiger partial charge is 0.0402 e. The highest BCUT2D eigenvalue weighted by Crippen LogP contribution is 2.20. The molecule has 7 heteroatoms. The highest BCUT2D eigenvalue weighted by atomic mass is 33.1. The predicted molar refractivity (Wildman–Crippen MR) is 87.3 cm³/mol. The SMILES string of the molecule is [2H]C(CN)SSC([2H])CN.[2H]C([2H])(CC)SSC([2H])([2H])CN. The van der Waals surface area contributed by atoms with E-state index in [0.717, 1.165) is 21.6 Å². The van der Waals surface area contributed by atoms with E-state index in [1.54, 1.807) is 6.92 Å². The second kappa shape index (κ2) is 21.6. The molecule has 0 bridgehead atoms. The molecule has 16 heavy (non-hydrogen) atoms. The molecule has 0 aliphatic rings. The molecule has 0 fully saturated rings. The van der Waals surface area contributed by atoms with Crippen LogP contribution in [-0.2, 0) is 0 Å². The maximum atomic E-state index is 7.33. The Morgan fingerprint density at radius 2 is 1.31 bits per heavy atom. The van der Waals surface area contributed by atoms with E-state index < -0.39 is 11.4 Å². The van der Waals surface area contributed by atoms with Crippen LogP contribution in [0.15, 0.2) is 0 Å². The molecular weight excluding hydrogens is 278 g/mol. The van der Waals surface area contributed by atoms with E-state index in [1.165, 1.54) is 21.6 Å². The first kappa shape index (κ1) is 10.1. The van der Waals surface area contributed by atoms with Crippen LogP contribution in [0.1, 0.15) is 21.6 Å². The summed E-state index contributed by atoms with van der Waals surface area (Å²) in [7, 11) is 4.37. The first-order chi connectivity index (χ1) is 10.0. The highest BCUT2D eigenvalue weighted by Gasteiger charge is 1.84. The average molecular weight is 310 g/mol. The van der Waals surface area contributed by atoms with Gasteiger partial charge in [0.05, 0.1) is 0 Å². The lowest BCUT2D eigenvalue weighted by Crippen LogP contribution is -2.02. The third kappa shape index (κ3) is 24.5. The molecule has 0 aliphatic carbocycles. The minimum atomic E-state index is -1.53. The summed E-state index contributed by atoms with van der Waals surface area (Å²) in [5.74, 6) is 0. The van der Waals surface area contributed by atoms with E-state index in [4.69, 9.17) is 25.4 Å². The van der Waals surface area contributed by atoms with Crippen LogP contribution in [0.25, 0.3) is 0 Å². The van der Waals surface area contributed by atoms with E-state index in [2.05, 4.69) is 0 Å². The Kier molecular flexibility index (Phi) is 13.6. The van der Waals surface area contributed by atoms with Crippen LogP contribution in [0, 0.1) is 0 Å². The maximum Gasteiger partial charge on any atom is 0.0402 e. The largest absolute Gasteiger partial charge is 0.330 e. The van der Waals surface area contributed by atoms with Gasteiger partial charge in [0.1, 0.15) is 0 Å². The van der Waals surface area contributed by atoms with Crippen molar-refractivity contribution >= 4 is 43.2 Å². The van der Waals surface area contributed by atoms with Crippen molar-refractivity contribution in [2.45, 2.75) is 13.3 Å². The van der Waals surface area contributed by atoms with Gasteiger partial charge in [-0.2, -0.15) is 0 Å². The molecule has 0 rings (SSSR count).